The minimum Gasteiger partial charge on any atom is -0.326 e. The number of nitrogens with zero attached hydrogens (tertiary/aromatic N) is 1. The highest BCUT2D eigenvalue weighted by atomic mass is 15.1. The molecule has 1 fully saturated rings. The van der Waals surface area contributed by atoms with Gasteiger partial charge >= 0.3 is 0 Å². The van der Waals surface area contributed by atoms with Crippen LogP contribution in [0.1, 0.15) is 43.4 Å². The first kappa shape index (κ1) is 9.71. The van der Waals surface area contributed by atoms with Crippen molar-refractivity contribution in [3.05, 3.63) is 17.5 Å². The fourth-order valence-corrected chi connectivity index (χ4v) is 2.37. The van der Waals surface area contributed by atoms with Crippen molar-refractivity contribution in [2.45, 2.75) is 45.1 Å². The molecule has 0 atom stereocenters. The van der Waals surface area contributed by atoms with E-state index in [1.165, 1.54) is 43.4 Å². The standard InChI is InChI=1S/C11H19N3/c12-7-10-8-13-14-11(10)6-9-4-2-1-3-5-9/h8-9H,1-7,12H2,(H,13,14). The van der Waals surface area contributed by atoms with Crippen molar-refractivity contribution in [3.8, 4) is 0 Å². The number of hydrogen-bond acceptors (Lipinski definition) is 2. The number of nitrogens with two attached hydrogens (primary N) is 1. The highest BCUT2D eigenvalue weighted by molar-refractivity contribution is 5.16. The SMILES string of the molecule is NCc1cn[nH]c1CC1CCCCC1. The van der Waals surface area contributed by atoms with E-state index in [0.717, 1.165) is 12.3 Å². The topological polar surface area (TPSA) is 54.7 Å². The summed E-state index contributed by atoms with van der Waals surface area (Å²) >= 11 is 0. The number of H-pyrrole nitrogens is 1. The molecule has 0 unspecified atom stereocenters. The van der Waals surface area contributed by atoms with Gasteiger partial charge in [-0.25, -0.2) is 0 Å². The molecule has 2 rings (SSSR count). The minimum atomic E-state index is 0.610. The van der Waals surface area contributed by atoms with E-state index in [0.29, 0.717) is 6.54 Å². The van der Waals surface area contributed by atoms with Crippen LogP contribution in [0.3, 0.4) is 0 Å². The summed E-state index contributed by atoms with van der Waals surface area (Å²) < 4.78 is 0. The van der Waals surface area contributed by atoms with Crippen LogP contribution in [0.15, 0.2) is 6.20 Å². The number of rotatable bonds is 3. The van der Waals surface area contributed by atoms with Crippen LogP contribution in [-0.2, 0) is 13.0 Å². The smallest absolute Gasteiger partial charge is 0.0535 e. The second kappa shape index (κ2) is 4.60. The van der Waals surface area contributed by atoms with Gasteiger partial charge in [-0.15, -0.1) is 0 Å². The Morgan fingerprint density at radius 3 is 2.86 bits per heavy atom. The van der Waals surface area contributed by atoms with E-state index < -0.39 is 0 Å². The summed E-state index contributed by atoms with van der Waals surface area (Å²) in [5.74, 6) is 0.856. The number of aromatic amines is 1. The van der Waals surface area contributed by atoms with Crippen molar-refractivity contribution in [3.63, 3.8) is 0 Å². The molecule has 0 saturated heterocycles. The molecule has 1 aliphatic rings. The molecule has 0 amide bonds. The Balaban J connectivity index is 1.95. The molecule has 1 heterocycles. The first-order chi connectivity index (χ1) is 6.90. The third-order valence-electron chi connectivity index (χ3n) is 3.24. The van der Waals surface area contributed by atoms with Crippen LogP contribution in [0.25, 0.3) is 0 Å². The molecular formula is C11H19N3. The number of hydrogen-bond donors (Lipinski definition) is 2. The summed E-state index contributed by atoms with van der Waals surface area (Å²) in [5.41, 5.74) is 8.09. The zero-order valence-corrected chi connectivity index (χ0v) is 8.63. The average molecular weight is 193 g/mol. The Morgan fingerprint density at radius 2 is 2.14 bits per heavy atom. The van der Waals surface area contributed by atoms with Crippen LogP contribution in [0.5, 0.6) is 0 Å². The van der Waals surface area contributed by atoms with E-state index >= 15 is 0 Å². The fourth-order valence-electron chi connectivity index (χ4n) is 2.37. The quantitative estimate of drug-likeness (QED) is 0.771. The lowest BCUT2D eigenvalue weighted by Gasteiger charge is -2.21. The van der Waals surface area contributed by atoms with Gasteiger partial charge < -0.3 is 5.73 Å². The van der Waals surface area contributed by atoms with E-state index in [-0.39, 0.29) is 0 Å². The Kier molecular flexibility index (Phi) is 3.19. The van der Waals surface area contributed by atoms with Gasteiger partial charge in [0.2, 0.25) is 0 Å². The van der Waals surface area contributed by atoms with E-state index in [2.05, 4.69) is 10.2 Å². The summed E-state index contributed by atoms with van der Waals surface area (Å²) in [5, 5.41) is 7.13. The monoisotopic (exact) mass is 193 g/mol. The van der Waals surface area contributed by atoms with Crippen molar-refractivity contribution in [2.24, 2.45) is 11.7 Å². The predicted molar refractivity (Wildman–Crippen MR) is 56.8 cm³/mol. The summed E-state index contributed by atoms with van der Waals surface area (Å²) in [6, 6.07) is 0. The second-order valence-corrected chi connectivity index (χ2v) is 4.29. The molecule has 1 aliphatic carbocycles. The molecule has 1 aromatic heterocycles. The zero-order valence-electron chi connectivity index (χ0n) is 8.63. The molecule has 0 radical (unpaired) electrons. The first-order valence-corrected chi connectivity index (χ1v) is 5.61. The van der Waals surface area contributed by atoms with Gasteiger partial charge in [-0.3, -0.25) is 5.10 Å². The van der Waals surface area contributed by atoms with Gasteiger partial charge in [0.15, 0.2) is 0 Å². The van der Waals surface area contributed by atoms with Crippen LogP contribution in [0.4, 0.5) is 0 Å². The summed E-state index contributed by atoms with van der Waals surface area (Å²) in [6.07, 6.45) is 9.98. The van der Waals surface area contributed by atoms with Crippen LogP contribution in [0.2, 0.25) is 0 Å². The van der Waals surface area contributed by atoms with Gasteiger partial charge in [0, 0.05) is 17.8 Å². The molecule has 78 valence electrons. The van der Waals surface area contributed by atoms with Gasteiger partial charge in [-0.2, -0.15) is 5.10 Å². The van der Waals surface area contributed by atoms with Crippen molar-refractivity contribution in [1.82, 2.24) is 10.2 Å². The van der Waals surface area contributed by atoms with Crippen LogP contribution < -0.4 is 5.73 Å². The van der Waals surface area contributed by atoms with E-state index in [4.69, 9.17) is 5.73 Å². The van der Waals surface area contributed by atoms with E-state index in [1.807, 2.05) is 6.20 Å². The molecule has 0 aromatic carbocycles. The van der Waals surface area contributed by atoms with Crippen LogP contribution >= 0.6 is 0 Å². The van der Waals surface area contributed by atoms with E-state index in [9.17, 15) is 0 Å². The molecule has 14 heavy (non-hydrogen) atoms. The van der Waals surface area contributed by atoms with Gasteiger partial charge in [-0.1, -0.05) is 32.1 Å². The third-order valence-corrected chi connectivity index (χ3v) is 3.24. The van der Waals surface area contributed by atoms with Crippen molar-refractivity contribution < 1.29 is 0 Å². The highest BCUT2D eigenvalue weighted by Gasteiger charge is 2.16. The Morgan fingerprint density at radius 1 is 1.36 bits per heavy atom. The Hall–Kier alpha value is -0.830. The molecule has 1 aromatic rings. The molecule has 0 bridgehead atoms. The zero-order chi connectivity index (χ0) is 9.80. The maximum Gasteiger partial charge on any atom is 0.0535 e. The van der Waals surface area contributed by atoms with Gasteiger partial charge in [0.05, 0.1) is 6.20 Å². The molecule has 3 nitrogen and oxygen atoms in total. The van der Waals surface area contributed by atoms with E-state index in [1.54, 1.807) is 0 Å². The van der Waals surface area contributed by atoms with Gasteiger partial charge in [0.1, 0.15) is 0 Å². The molecule has 0 spiro atoms. The number of aromatic nitrogens is 2. The Bertz CT molecular complexity index is 274. The lowest BCUT2D eigenvalue weighted by atomic mass is 9.85. The van der Waals surface area contributed by atoms with Crippen molar-refractivity contribution in [2.75, 3.05) is 0 Å². The third kappa shape index (κ3) is 2.15. The summed E-state index contributed by atoms with van der Waals surface area (Å²) in [4.78, 5) is 0. The lowest BCUT2D eigenvalue weighted by molar-refractivity contribution is 0.353. The first-order valence-electron chi connectivity index (χ1n) is 5.61. The van der Waals surface area contributed by atoms with Gasteiger partial charge in [-0.05, 0) is 12.3 Å². The van der Waals surface area contributed by atoms with Crippen molar-refractivity contribution >= 4 is 0 Å². The average Bonchev–Trinajstić information content (AvgIpc) is 2.67. The fraction of sp³-hybridized carbons (Fsp3) is 0.727. The van der Waals surface area contributed by atoms with Crippen LogP contribution in [-0.4, -0.2) is 10.2 Å². The molecular weight excluding hydrogens is 174 g/mol. The lowest BCUT2D eigenvalue weighted by Crippen LogP contribution is -2.11. The maximum atomic E-state index is 5.64. The molecule has 1 saturated carbocycles. The summed E-state index contributed by atoms with van der Waals surface area (Å²) in [7, 11) is 0. The minimum absolute atomic E-state index is 0.610. The second-order valence-electron chi connectivity index (χ2n) is 4.29. The largest absolute Gasteiger partial charge is 0.326 e. The normalized spacial score (nSPS) is 18.6. The van der Waals surface area contributed by atoms with Crippen LogP contribution in [0, 0.1) is 5.92 Å². The molecule has 0 aliphatic heterocycles. The predicted octanol–water partition coefficient (Wildman–Crippen LogP) is 1.99. The summed E-state index contributed by atoms with van der Waals surface area (Å²) in [6.45, 7) is 0.610. The molecule has 3 heteroatoms. The molecule has 3 N–H and O–H groups in total. The van der Waals surface area contributed by atoms with Gasteiger partial charge in [0.25, 0.3) is 0 Å². The van der Waals surface area contributed by atoms with Crippen molar-refractivity contribution in [1.29, 1.82) is 0 Å². The maximum absolute atomic E-state index is 5.64. The Labute approximate surface area is 85.1 Å². The highest BCUT2D eigenvalue weighted by Crippen LogP contribution is 2.26. The number of nitrogens with one attached hydrogen (secondary N) is 1.